The second-order valence-electron chi connectivity index (χ2n) is 5.71. The molecule has 1 aliphatic rings. The highest BCUT2D eigenvalue weighted by molar-refractivity contribution is 5.97. The minimum atomic E-state index is -1.40. The van der Waals surface area contributed by atoms with Gasteiger partial charge in [-0.05, 0) is 26.7 Å². The fraction of sp³-hybridized carbons (Fsp3) is 0.538. The summed E-state index contributed by atoms with van der Waals surface area (Å²) in [5.74, 6) is -1.68. The van der Waals surface area contributed by atoms with Crippen molar-refractivity contribution in [3.8, 4) is 0 Å². The van der Waals surface area contributed by atoms with Crippen LogP contribution in [0.2, 0.25) is 0 Å². The van der Waals surface area contributed by atoms with E-state index in [1.54, 1.807) is 4.57 Å². The number of carboxylic acids is 1. The van der Waals surface area contributed by atoms with Crippen LogP contribution in [0.5, 0.6) is 0 Å². The molecule has 0 aliphatic heterocycles. The predicted molar refractivity (Wildman–Crippen MR) is 73.2 cm³/mol. The van der Waals surface area contributed by atoms with E-state index in [1.807, 2.05) is 0 Å². The van der Waals surface area contributed by atoms with E-state index in [-0.39, 0.29) is 17.4 Å². The number of carbonyl (C=O) groups excluding carboxylic acids is 1. The van der Waals surface area contributed by atoms with Gasteiger partial charge in [0.1, 0.15) is 11.2 Å². The number of aromatic nitrogens is 1. The van der Waals surface area contributed by atoms with Crippen LogP contribution in [0, 0.1) is 10.1 Å². The van der Waals surface area contributed by atoms with Gasteiger partial charge in [-0.15, -0.1) is 0 Å². The first-order valence-corrected chi connectivity index (χ1v) is 6.54. The lowest BCUT2D eigenvalue weighted by atomic mass is 10.0. The van der Waals surface area contributed by atoms with Crippen molar-refractivity contribution in [1.29, 1.82) is 0 Å². The van der Waals surface area contributed by atoms with Crippen molar-refractivity contribution in [2.45, 2.75) is 38.3 Å². The molecule has 1 saturated carbocycles. The SMILES string of the molecule is CN(C(=O)c1cc([N+](=O)[O-])cn1C1CC1)C(C)(C)C(=O)O. The lowest BCUT2D eigenvalue weighted by Gasteiger charge is -2.31. The maximum Gasteiger partial charge on any atom is 0.329 e. The van der Waals surface area contributed by atoms with Gasteiger partial charge in [-0.1, -0.05) is 0 Å². The van der Waals surface area contributed by atoms with Gasteiger partial charge in [0, 0.05) is 19.2 Å². The molecule has 8 heteroatoms. The molecular weight excluding hydrogens is 278 g/mol. The van der Waals surface area contributed by atoms with Crippen LogP contribution in [0.25, 0.3) is 0 Å². The van der Waals surface area contributed by atoms with Crippen LogP contribution >= 0.6 is 0 Å². The van der Waals surface area contributed by atoms with Crippen molar-refractivity contribution in [1.82, 2.24) is 9.47 Å². The van der Waals surface area contributed by atoms with E-state index in [4.69, 9.17) is 0 Å². The maximum absolute atomic E-state index is 12.5. The number of carbonyl (C=O) groups is 2. The Kier molecular flexibility index (Phi) is 3.48. The Bertz CT molecular complexity index is 615. The highest BCUT2D eigenvalue weighted by Crippen LogP contribution is 2.38. The third-order valence-corrected chi connectivity index (χ3v) is 3.87. The summed E-state index contributed by atoms with van der Waals surface area (Å²) in [6, 6.07) is 1.29. The maximum atomic E-state index is 12.5. The van der Waals surface area contributed by atoms with Gasteiger partial charge >= 0.3 is 5.97 Å². The van der Waals surface area contributed by atoms with E-state index in [0.29, 0.717) is 0 Å². The van der Waals surface area contributed by atoms with Crippen molar-refractivity contribution in [2.24, 2.45) is 0 Å². The normalized spacial score (nSPS) is 14.8. The first-order valence-electron chi connectivity index (χ1n) is 6.54. The van der Waals surface area contributed by atoms with Crippen molar-refractivity contribution < 1.29 is 19.6 Å². The Balaban J connectivity index is 2.38. The molecule has 0 radical (unpaired) electrons. The molecule has 1 N–H and O–H groups in total. The minimum absolute atomic E-state index is 0.0824. The van der Waals surface area contributed by atoms with Crippen LogP contribution < -0.4 is 0 Å². The van der Waals surface area contributed by atoms with Gasteiger partial charge in [0.15, 0.2) is 0 Å². The van der Waals surface area contributed by atoms with Crippen LogP contribution in [-0.4, -0.2) is 44.0 Å². The fourth-order valence-electron chi connectivity index (χ4n) is 1.96. The largest absolute Gasteiger partial charge is 0.480 e. The van der Waals surface area contributed by atoms with Gasteiger partial charge in [0.2, 0.25) is 0 Å². The van der Waals surface area contributed by atoms with Gasteiger partial charge < -0.3 is 14.6 Å². The Hall–Kier alpha value is -2.38. The summed E-state index contributed by atoms with van der Waals surface area (Å²) < 4.78 is 1.58. The second kappa shape index (κ2) is 4.87. The molecule has 1 amide bonds. The van der Waals surface area contributed by atoms with Gasteiger partial charge in [0.05, 0.1) is 11.1 Å². The number of hydrogen-bond donors (Lipinski definition) is 1. The molecule has 2 rings (SSSR count). The zero-order chi connectivity index (χ0) is 15.9. The summed E-state index contributed by atoms with van der Waals surface area (Å²) in [7, 11) is 1.38. The third kappa shape index (κ3) is 2.61. The molecule has 0 atom stereocenters. The summed E-state index contributed by atoms with van der Waals surface area (Å²) in [6.45, 7) is 2.82. The predicted octanol–water partition coefficient (Wildman–Crippen LogP) is 1.67. The smallest absolute Gasteiger partial charge is 0.329 e. The van der Waals surface area contributed by atoms with E-state index in [2.05, 4.69) is 0 Å². The highest BCUT2D eigenvalue weighted by atomic mass is 16.6. The quantitative estimate of drug-likeness (QED) is 0.657. The van der Waals surface area contributed by atoms with Crippen LogP contribution in [-0.2, 0) is 4.79 Å². The summed E-state index contributed by atoms with van der Waals surface area (Å²) in [5.41, 5.74) is -1.40. The van der Waals surface area contributed by atoms with E-state index < -0.39 is 22.3 Å². The summed E-state index contributed by atoms with van der Waals surface area (Å²) in [4.78, 5) is 35.2. The molecule has 8 nitrogen and oxygen atoms in total. The van der Waals surface area contributed by atoms with Gasteiger partial charge in [-0.2, -0.15) is 0 Å². The zero-order valence-electron chi connectivity index (χ0n) is 12.1. The van der Waals surface area contributed by atoms with Crippen molar-refractivity contribution >= 4 is 17.6 Å². The average Bonchev–Trinajstić information content (AvgIpc) is 3.15. The molecule has 0 bridgehead atoms. The van der Waals surface area contributed by atoms with Crippen LogP contribution in [0.15, 0.2) is 12.3 Å². The van der Waals surface area contributed by atoms with Crippen molar-refractivity contribution in [3.63, 3.8) is 0 Å². The molecule has 0 unspecified atom stereocenters. The summed E-state index contributed by atoms with van der Waals surface area (Å²) >= 11 is 0. The van der Waals surface area contributed by atoms with Gasteiger partial charge in [-0.25, -0.2) is 4.79 Å². The lowest BCUT2D eigenvalue weighted by molar-refractivity contribution is -0.384. The van der Waals surface area contributed by atoms with Crippen LogP contribution in [0.3, 0.4) is 0 Å². The number of likely N-dealkylation sites (N-methyl/N-ethyl adjacent to an activating group) is 1. The van der Waals surface area contributed by atoms with E-state index in [0.717, 1.165) is 17.7 Å². The fourth-order valence-corrected chi connectivity index (χ4v) is 1.96. The number of aliphatic carboxylic acids is 1. The molecule has 0 saturated heterocycles. The Morgan fingerprint density at radius 3 is 2.48 bits per heavy atom. The van der Waals surface area contributed by atoms with Crippen molar-refractivity contribution in [3.05, 3.63) is 28.1 Å². The topological polar surface area (TPSA) is 106 Å². The molecule has 1 aromatic rings. The number of rotatable bonds is 5. The first-order chi connectivity index (χ1) is 9.66. The molecule has 1 aromatic heterocycles. The molecule has 114 valence electrons. The molecule has 0 spiro atoms. The first kappa shape index (κ1) is 15.0. The lowest BCUT2D eigenvalue weighted by Crippen LogP contribution is -2.51. The summed E-state index contributed by atoms with van der Waals surface area (Å²) in [6.07, 6.45) is 3.06. The molecule has 1 heterocycles. The number of amides is 1. The molecule has 0 aromatic carbocycles. The number of nitro groups is 1. The molecular formula is C13H17N3O5. The zero-order valence-corrected chi connectivity index (χ0v) is 12.1. The van der Waals surface area contributed by atoms with Crippen molar-refractivity contribution in [2.75, 3.05) is 7.05 Å². The minimum Gasteiger partial charge on any atom is -0.480 e. The van der Waals surface area contributed by atoms with Crippen LogP contribution in [0.4, 0.5) is 5.69 Å². The average molecular weight is 295 g/mol. The molecule has 1 fully saturated rings. The molecule has 21 heavy (non-hydrogen) atoms. The van der Waals surface area contributed by atoms with Crippen LogP contribution in [0.1, 0.15) is 43.2 Å². The Morgan fingerprint density at radius 1 is 1.48 bits per heavy atom. The van der Waals surface area contributed by atoms with Gasteiger partial charge in [-0.3, -0.25) is 14.9 Å². The van der Waals surface area contributed by atoms with E-state index >= 15 is 0 Å². The van der Waals surface area contributed by atoms with Gasteiger partial charge in [0.25, 0.3) is 11.6 Å². The Labute approximate surface area is 121 Å². The second-order valence-corrected chi connectivity index (χ2v) is 5.71. The standard InChI is InChI=1S/C13H17N3O5/c1-13(2,12(18)19)14(3)11(17)10-6-9(16(20)21)7-15(10)8-4-5-8/h6-8H,4-5H2,1-3H3,(H,18,19). The third-order valence-electron chi connectivity index (χ3n) is 3.87. The van der Waals surface area contributed by atoms with E-state index in [9.17, 15) is 24.8 Å². The molecule has 1 aliphatic carbocycles. The number of hydrogen-bond acceptors (Lipinski definition) is 4. The number of carboxylic acid groups (broad SMARTS) is 1. The number of nitrogens with zero attached hydrogens (tertiary/aromatic N) is 3. The summed E-state index contributed by atoms with van der Waals surface area (Å²) in [5, 5.41) is 20.1. The Morgan fingerprint density at radius 2 is 2.05 bits per heavy atom. The highest BCUT2D eigenvalue weighted by Gasteiger charge is 2.38. The monoisotopic (exact) mass is 295 g/mol. The van der Waals surface area contributed by atoms with E-state index in [1.165, 1.54) is 33.2 Å².